The standard InChI is InChI=1S/C23H16BrFN2O4/c1-31-18-6-5-15(25)12-17(18)21(28)19-20(13-7-9-26-10-8-13)27(23(30)22(19)29)16-4-2-3-14(24)11-16/h2-12,20,28H,1H3/b21-19+. The molecule has 1 aliphatic heterocycles. The van der Waals surface area contributed by atoms with E-state index in [0.717, 1.165) is 6.07 Å². The van der Waals surface area contributed by atoms with Crippen molar-refractivity contribution in [2.45, 2.75) is 6.04 Å². The Bertz CT molecular complexity index is 1210. The van der Waals surface area contributed by atoms with E-state index in [2.05, 4.69) is 20.9 Å². The van der Waals surface area contributed by atoms with Crippen LogP contribution in [0.5, 0.6) is 5.75 Å². The molecule has 0 spiro atoms. The summed E-state index contributed by atoms with van der Waals surface area (Å²) in [6, 6.07) is 12.9. The number of nitrogens with zero attached hydrogens (tertiary/aromatic N) is 2. The maximum Gasteiger partial charge on any atom is 0.300 e. The fraction of sp³-hybridized carbons (Fsp3) is 0.0870. The van der Waals surface area contributed by atoms with Gasteiger partial charge in [0.15, 0.2) is 0 Å². The third-order valence-electron chi connectivity index (χ3n) is 4.97. The monoisotopic (exact) mass is 482 g/mol. The zero-order chi connectivity index (χ0) is 22.1. The molecule has 31 heavy (non-hydrogen) atoms. The molecule has 156 valence electrons. The van der Waals surface area contributed by atoms with Crippen LogP contribution in [0.3, 0.4) is 0 Å². The van der Waals surface area contributed by atoms with E-state index in [4.69, 9.17) is 4.74 Å². The molecule has 1 fully saturated rings. The second-order valence-corrected chi connectivity index (χ2v) is 7.69. The summed E-state index contributed by atoms with van der Waals surface area (Å²) in [6.07, 6.45) is 3.05. The van der Waals surface area contributed by atoms with E-state index in [1.807, 2.05) is 0 Å². The number of aliphatic hydroxyl groups excluding tert-OH is 1. The number of hydrogen-bond acceptors (Lipinski definition) is 5. The van der Waals surface area contributed by atoms with E-state index < -0.39 is 29.3 Å². The number of ether oxygens (including phenoxy) is 1. The quantitative estimate of drug-likeness (QED) is 0.333. The molecule has 0 bridgehead atoms. The van der Waals surface area contributed by atoms with Crippen LogP contribution in [-0.2, 0) is 9.59 Å². The average Bonchev–Trinajstić information content (AvgIpc) is 3.04. The van der Waals surface area contributed by atoms with Gasteiger partial charge in [0.1, 0.15) is 17.3 Å². The molecule has 1 aliphatic rings. The van der Waals surface area contributed by atoms with E-state index in [1.54, 1.807) is 36.4 Å². The first-order chi connectivity index (χ1) is 14.9. The van der Waals surface area contributed by atoms with Gasteiger partial charge in [0.25, 0.3) is 11.7 Å². The molecule has 1 N–H and O–H groups in total. The second-order valence-electron chi connectivity index (χ2n) is 6.77. The Hall–Kier alpha value is -3.52. The Morgan fingerprint density at radius 1 is 1.13 bits per heavy atom. The highest BCUT2D eigenvalue weighted by Gasteiger charge is 2.47. The van der Waals surface area contributed by atoms with Gasteiger partial charge >= 0.3 is 0 Å². The van der Waals surface area contributed by atoms with Crippen molar-refractivity contribution in [1.29, 1.82) is 0 Å². The number of anilines is 1. The van der Waals surface area contributed by atoms with Crippen molar-refractivity contribution in [3.8, 4) is 5.75 Å². The summed E-state index contributed by atoms with van der Waals surface area (Å²) in [7, 11) is 1.37. The zero-order valence-corrected chi connectivity index (χ0v) is 17.8. The molecule has 0 saturated carbocycles. The number of amides is 1. The molecule has 8 heteroatoms. The molecule has 1 atom stereocenters. The number of rotatable bonds is 4. The topological polar surface area (TPSA) is 79.7 Å². The van der Waals surface area contributed by atoms with Gasteiger partial charge in [0, 0.05) is 22.6 Å². The summed E-state index contributed by atoms with van der Waals surface area (Å²) >= 11 is 3.38. The van der Waals surface area contributed by atoms with Crippen molar-refractivity contribution in [3.63, 3.8) is 0 Å². The van der Waals surface area contributed by atoms with Crippen molar-refractivity contribution in [2.75, 3.05) is 12.0 Å². The molecule has 2 heterocycles. The number of halogens is 2. The van der Waals surface area contributed by atoms with Crippen LogP contribution in [0.25, 0.3) is 5.76 Å². The van der Waals surface area contributed by atoms with Crippen LogP contribution >= 0.6 is 15.9 Å². The lowest BCUT2D eigenvalue weighted by Gasteiger charge is -2.25. The number of carbonyl (C=O) groups excluding carboxylic acids is 2. The smallest absolute Gasteiger partial charge is 0.300 e. The number of ketones is 1. The van der Waals surface area contributed by atoms with Gasteiger partial charge in [-0.25, -0.2) is 4.39 Å². The number of pyridine rings is 1. The van der Waals surface area contributed by atoms with Crippen LogP contribution < -0.4 is 9.64 Å². The van der Waals surface area contributed by atoms with Crippen molar-refractivity contribution in [1.82, 2.24) is 4.98 Å². The number of benzene rings is 2. The van der Waals surface area contributed by atoms with Gasteiger partial charge in [-0.2, -0.15) is 0 Å². The summed E-state index contributed by atoms with van der Waals surface area (Å²) < 4.78 is 19.9. The van der Waals surface area contributed by atoms with Crippen molar-refractivity contribution in [2.24, 2.45) is 0 Å². The highest BCUT2D eigenvalue weighted by molar-refractivity contribution is 9.10. The van der Waals surface area contributed by atoms with E-state index in [1.165, 1.54) is 36.5 Å². The number of carbonyl (C=O) groups is 2. The largest absolute Gasteiger partial charge is 0.507 e. The highest BCUT2D eigenvalue weighted by Crippen LogP contribution is 2.43. The molecule has 0 radical (unpaired) electrons. The van der Waals surface area contributed by atoms with Gasteiger partial charge < -0.3 is 9.84 Å². The predicted octanol–water partition coefficient (Wildman–Crippen LogP) is 4.62. The Morgan fingerprint density at radius 3 is 2.55 bits per heavy atom. The molecule has 2 aromatic carbocycles. The van der Waals surface area contributed by atoms with Crippen LogP contribution in [0, 0.1) is 5.82 Å². The molecule has 1 saturated heterocycles. The number of aliphatic hydroxyl groups is 1. The first-order valence-corrected chi connectivity index (χ1v) is 10.0. The van der Waals surface area contributed by atoms with Crippen LogP contribution in [0.15, 0.2) is 77.0 Å². The molecule has 6 nitrogen and oxygen atoms in total. The lowest BCUT2D eigenvalue weighted by Crippen LogP contribution is -2.29. The van der Waals surface area contributed by atoms with Gasteiger partial charge in [-0.05, 0) is 54.1 Å². The number of aromatic nitrogens is 1. The minimum atomic E-state index is -0.940. The van der Waals surface area contributed by atoms with Crippen LogP contribution in [-0.4, -0.2) is 28.9 Å². The normalized spacial score (nSPS) is 17.8. The first-order valence-electron chi connectivity index (χ1n) is 9.22. The number of methoxy groups -OCH3 is 1. The third kappa shape index (κ3) is 3.70. The third-order valence-corrected chi connectivity index (χ3v) is 5.46. The van der Waals surface area contributed by atoms with Crippen LogP contribution in [0.1, 0.15) is 17.2 Å². The molecule has 0 aliphatic carbocycles. The fourth-order valence-corrected chi connectivity index (χ4v) is 3.98. The van der Waals surface area contributed by atoms with Gasteiger partial charge in [0.05, 0.1) is 24.3 Å². The molecule has 1 amide bonds. The Balaban J connectivity index is 1.99. The summed E-state index contributed by atoms with van der Waals surface area (Å²) in [4.78, 5) is 31.4. The van der Waals surface area contributed by atoms with Gasteiger partial charge in [-0.15, -0.1) is 0 Å². The number of Topliss-reactive ketones (excluding diaryl/α,β-unsaturated/α-hetero) is 1. The fourth-order valence-electron chi connectivity index (χ4n) is 3.60. The van der Waals surface area contributed by atoms with E-state index in [-0.39, 0.29) is 16.9 Å². The van der Waals surface area contributed by atoms with Crippen molar-refractivity contribution >= 4 is 39.1 Å². The van der Waals surface area contributed by atoms with Crippen LogP contribution in [0.2, 0.25) is 0 Å². The maximum atomic E-state index is 13.9. The average molecular weight is 483 g/mol. The van der Waals surface area contributed by atoms with Gasteiger partial charge in [-0.1, -0.05) is 22.0 Å². The highest BCUT2D eigenvalue weighted by atomic mass is 79.9. The predicted molar refractivity (Wildman–Crippen MR) is 116 cm³/mol. The van der Waals surface area contributed by atoms with Crippen molar-refractivity contribution in [3.05, 3.63) is 94.0 Å². The molecule has 4 rings (SSSR count). The lowest BCUT2D eigenvalue weighted by atomic mass is 9.95. The summed E-state index contributed by atoms with van der Waals surface area (Å²) in [5.41, 5.74) is 0.837. The second kappa shape index (κ2) is 8.31. The molecular weight excluding hydrogens is 467 g/mol. The zero-order valence-electron chi connectivity index (χ0n) is 16.3. The lowest BCUT2D eigenvalue weighted by molar-refractivity contribution is -0.132. The SMILES string of the molecule is COc1ccc(F)cc1/C(O)=C1\C(=O)C(=O)N(c2cccc(Br)c2)C1c1ccncc1. The van der Waals surface area contributed by atoms with E-state index in [0.29, 0.717) is 15.7 Å². The first kappa shape index (κ1) is 20.7. The molecule has 1 aromatic heterocycles. The molecular formula is C23H16BrFN2O4. The van der Waals surface area contributed by atoms with Crippen LogP contribution in [0.4, 0.5) is 10.1 Å². The maximum absolute atomic E-state index is 13.9. The Morgan fingerprint density at radius 2 is 1.87 bits per heavy atom. The number of hydrogen-bond donors (Lipinski definition) is 1. The Kier molecular flexibility index (Phi) is 5.56. The molecule has 3 aromatic rings. The van der Waals surface area contributed by atoms with Gasteiger partial charge in [0.2, 0.25) is 0 Å². The van der Waals surface area contributed by atoms with Gasteiger partial charge in [-0.3, -0.25) is 19.5 Å². The summed E-state index contributed by atoms with van der Waals surface area (Å²) in [5.74, 6) is -2.67. The molecule has 1 unspecified atom stereocenters. The summed E-state index contributed by atoms with van der Waals surface area (Å²) in [6.45, 7) is 0. The Labute approximate surface area is 185 Å². The minimum Gasteiger partial charge on any atom is -0.507 e. The van der Waals surface area contributed by atoms with Crippen molar-refractivity contribution < 1.29 is 23.8 Å². The minimum absolute atomic E-state index is 0.0196. The van der Waals surface area contributed by atoms with E-state index in [9.17, 15) is 19.1 Å². The van der Waals surface area contributed by atoms with E-state index >= 15 is 0 Å². The summed E-state index contributed by atoms with van der Waals surface area (Å²) in [5, 5.41) is 11.1.